The molecular weight excluding hydrogens is 443 g/mol. The summed E-state index contributed by atoms with van der Waals surface area (Å²) in [5, 5.41) is 6.39. The number of nitrogens with one attached hydrogen (secondary N) is 1. The van der Waals surface area contributed by atoms with Crippen molar-refractivity contribution in [3.63, 3.8) is 0 Å². The first-order chi connectivity index (χ1) is 15.6. The van der Waals surface area contributed by atoms with E-state index in [2.05, 4.69) is 10.4 Å². The van der Waals surface area contributed by atoms with Gasteiger partial charge in [0.25, 0.3) is 0 Å². The number of alkyl halides is 3. The first-order valence-corrected chi connectivity index (χ1v) is 10.6. The molecule has 0 bridgehead atoms. The molecule has 3 rings (SSSR count). The van der Waals surface area contributed by atoms with E-state index in [1.165, 1.54) is 0 Å². The highest BCUT2D eigenvalue weighted by Gasteiger charge is 2.39. The minimum absolute atomic E-state index is 0.136. The summed E-state index contributed by atoms with van der Waals surface area (Å²) in [6.45, 7) is 1.61. The van der Waals surface area contributed by atoms with Crippen molar-refractivity contribution in [2.24, 2.45) is 7.05 Å². The number of benzene rings is 1. The second-order valence-electron chi connectivity index (χ2n) is 7.90. The molecule has 1 fully saturated rings. The van der Waals surface area contributed by atoms with Crippen molar-refractivity contribution in [3.8, 4) is 11.5 Å². The van der Waals surface area contributed by atoms with Crippen molar-refractivity contribution in [3.05, 3.63) is 40.1 Å². The molecule has 2 aromatic rings. The molecule has 1 aromatic carbocycles. The van der Waals surface area contributed by atoms with E-state index in [0.29, 0.717) is 55.0 Å². The van der Waals surface area contributed by atoms with Crippen LogP contribution in [-0.4, -0.2) is 65.6 Å². The SMILES string of the molecule is COc1ccc(CCNC(=O)CN2CCC(n3nc(C(F)(F)F)n(C)c3=O)CC2)cc1OC. The zero-order valence-electron chi connectivity index (χ0n) is 18.8. The van der Waals surface area contributed by atoms with Gasteiger partial charge < -0.3 is 14.8 Å². The van der Waals surface area contributed by atoms with Crippen molar-refractivity contribution in [2.45, 2.75) is 31.5 Å². The average Bonchev–Trinajstić information content (AvgIpc) is 3.09. The lowest BCUT2D eigenvalue weighted by molar-refractivity contribution is -0.147. The van der Waals surface area contributed by atoms with Crippen LogP contribution in [-0.2, 0) is 24.4 Å². The molecule has 0 unspecified atom stereocenters. The second kappa shape index (κ2) is 10.3. The van der Waals surface area contributed by atoms with E-state index in [0.717, 1.165) is 17.3 Å². The highest BCUT2D eigenvalue weighted by atomic mass is 19.4. The molecule has 0 saturated carbocycles. The molecule has 1 aliphatic rings. The molecule has 12 heteroatoms. The minimum atomic E-state index is -4.69. The van der Waals surface area contributed by atoms with Gasteiger partial charge >= 0.3 is 11.9 Å². The first-order valence-electron chi connectivity index (χ1n) is 10.6. The lowest BCUT2D eigenvalue weighted by Gasteiger charge is -2.31. The Morgan fingerprint density at radius 3 is 2.42 bits per heavy atom. The predicted molar refractivity (Wildman–Crippen MR) is 113 cm³/mol. The van der Waals surface area contributed by atoms with Crippen molar-refractivity contribution in [1.82, 2.24) is 24.6 Å². The Kier molecular flexibility index (Phi) is 7.67. The number of amides is 1. The van der Waals surface area contributed by atoms with Gasteiger partial charge in [-0.2, -0.15) is 13.2 Å². The van der Waals surface area contributed by atoms with Crippen molar-refractivity contribution < 1.29 is 27.4 Å². The Hall–Kier alpha value is -3.02. The van der Waals surface area contributed by atoms with E-state index in [-0.39, 0.29) is 12.5 Å². The first kappa shape index (κ1) is 24.6. The van der Waals surface area contributed by atoms with E-state index in [4.69, 9.17) is 9.47 Å². The van der Waals surface area contributed by atoms with Crippen molar-refractivity contribution >= 4 is 5.91 Å². The van der Waals surface area contributed by atoms with E-state index in [1.807, 2.05) is 23.1 Å². The van der Waals surface area contributed by atoms with Crippen molar-refractivity contribution in [1.29, 1.82) is 0 Å². The molecule has 1 saturated heterocycles. The smallest absolute Gasteiger partial charge is 0.451 e. The van der Waals surface area contributed by atoms with Crippen LogP contribution in [0.25, 0.3) is 0 Å². The second-order valence-corrected chi connectivity index (χ2v) is 7.90. The number of carbonyl (C=O) groups is 1. The van der Waals surface area contributed by atoms with Gasteiger partial charge in [-0.15, -0.1) is 5.10 Å². The van der Waals surface area contributed by atoms with Gasteiger partial charge in [0.2, 0.25) is 11.7 Å². The number of rotatable bonds is 8. The topological polar surface area (TPSA) is 90.6 Å². The minimum Gasteiger partial charge on any atom is -0.493 e. The van der Waals surface area contributed by atoms with Crippen LogP contribution in [0, 0.1) is 0 Å². The molecule has 182 valence electrons. The third kappa shape index (κ3) is 5.86. The number of nitrogens with zero attached hydrogens (tertiary/aromatic N) is 4. The van der Waals surface area contributed by atoms with Gasteiger partial charge in [-0.25, -0.2) is 9.48 Å². The number of hydrogen-bond acceptors (Lipinski definition) is 6. The van der Waals surface area contributed by atoms with Gasteiger partial charge in [-0.1, -0.05) is 6.07 Å². The van der Waals surface area contributed by atoms with Crippen molar-refractivity contribution in [2.75, 3.05) is 40.4 Å². The average molecular weight is 471 g/mol. The number of aromatic nitrogens is 3. The van der Waals surface area contributed by atoms with E-state index >= 15 is 0 Å². The molecule has 9 nitrogen and oxygen atoms in total. The maximum atomic E-state index is 13.0. The highest BCUT2D eigenvalue weighted by Crippen LogP contribution is 2.28. The number of likely N-dealkylation sites (tertiary alicyclic amines) is 1. The summed E-state index contributed by atoms with van der Waals surface area (Å²) in [6.07, 6.45) is -3.19. The molecule has 2 heterocycles. The van der Waals surface area contributed by atoms with Crippen LogP contribution in [0.2, 0.25) is 0 Å². The van der Waals surface area contributed by atoms with Crippen LogP contribution in [0.4, 0.5) is 13.2 Å². The lowest BCUT2D eigenvalue weighted by atomic mass is 10.1. The van der Waals surface area contributed by atoms with Gasteiger partial charge in [0.15, 0.2) is 11.5 Å². The zero-order chi connectivity index (χ0) is 24.2. The third-order valence-corrected chi connectivity index (χ3v) is 5.71. The lowest BCUT2D eigenvalue weighted by Crippen LogP contribution is -2.43. The summed E-state index contributed by atoms with van der Waals surface area (Å²) in [4.78, 5) is 26.4. The van der Waals surface area contributed by atoms with Crippen LogP contribution in [0.15, 0.2) is 23.0 Å². The molecule has 0 atom stereocenters. The Balaban J connectivity index is 1.46. The number of carbonyl (C=O) groups excluding carboxylic acids is 1. The number of piperidine rings is 1. The summed E-state index contributed by atoms with van der Waals surface area (Å²) in [5.41, 5.74) is 0.210. The number of halogens is 3. The van der Waals surface area contributed by atoms with Crippen LogP contribution in [0.5, 0.6) is 11.5 Å². The molecular formula is C21H28F3N5O4. The molecule has 0 radical (unpaired) electrons. The molecule has 1 aromatic heterocycles. The maximum absolute atomic E-state index is 13.0. The predicted octanol–water partition coefficient (Wildman–Crippen LogP) is 1.61. The Morgan fingerprint density at radius 2 is 1.85 bits per heavy atom. The molecule has 1 amide bonds. The van der Waals surface area contributed by atoms with Crippen LogP contribution >= 0.6 is 0 Å². The van der Waals surface area contributed by atoms with Gasteiger partial charge in [0.05, 0.1) is 26.8 Å². The normalized spacial score (nSPS) is 15.5. The van der Waals surface area contributed by atoms with Gasteiger partial charge in [0, 0.05) is 26.7 Å². The summed E-state index contributed by atoms with van der Waals surface area (Å²) in [6, 6.07) is 5.15. The van der Waals surface area contributed by atoms with Gasteiger partial charge in [-0.05, 0) is 37.0 Å². The highest BCUT2D eigenvalue weighted by molar-refractivity contribution is 5.78. The molecule has 0 aliphatic carbocycles. The van der Waals surface area contributed by atoms with Crippen LogP contribution < -0.4 is 20.5 Å². The third-order valence-electron chi connectivity index (χ3n) is 5.71. The summed E-state index contributed by atoms with van der Waals surface area (Å²) >= 11 is 0. The fourth-order valence-electron chi connectivity index (χ4n) is 3.90. The summed E-state index contributed by atoms with van der Waals surface area (Å²) in [7, 11) is 4.19. The molecule has 1 aliphatic heterocycles. The fraction of sp³-hybridized carbons (Fsp3) is 0.571. The quantitative estimate of drug-likeness (QED) is 0.629. The molecule has 33 heavy (non-hydrogen) atoms. The Labute approximate surface area is 189 Å². The maximum Gasteiger partial charge on any atom is 0.451 e. The fourth-order valence-corrected chi connectivity index (χ4v) is 3.90. The number of ether oxygens (including phenoxy) is 2. The zero-order valence-corrected chi connectivity index (χ0v) is 18.8. The van der Waals surface area contributed by atoms with Gasteiger partial charge in [0.1, 0.15) is 0 Å². The van der Waals surface area contributed by atoms with E-state index < -0.39 is 23.7 Å². The molecule has 0 spiro atoms. The number of methoxy groups -OCH3 is 2. The largest absolute Gasteiger partial charge is 0.493 e. The van der Waals surface area contributed by atoms with Gasteiger partial charge in [-0.3, -0.25) is 14.3 Å². The summed E-state index contributed by atoms with van der Waals surface area (Å²) in [5.74, 6) is -0.0816. The number of hydrogen-bond donors (Lipinski definition) is 1. The standard InChI is InChI=1S/C21H28F3N5O4/c1-27-19(21(22,23)24)26-29(20(27)31)15-7-10-28(11-8-15)13-18(30)25-9-6-14-4-5-16(32-2)17(12-14)33-3/h4-5,12,15H,6-11,13H2,1-3H3,(H,25,30). The molecule has 1 N–H and O–H groups in total. The Bertz CT molecular complexity index is 1030. The van der Waals surface area contributed by atoms with Crippen LogP contribution in [0.3, 0.4) is 0 Å². The monoisotopic (exact) mass is 471 g/mol. The Morgan fingerprint density at radius 1 is 1.18 bits per heavy atom. The van der Waals surface area contributed by atoms with E-state index in [1.54, 1.807) is 14.2 Å². The summed E-state index contributed by atoms with van der Waals surface area (Å²) < 4.78 is 50.9. The van der Waals surface area contributed by atoms with E-state index in [9.17, 15) is 22.8 Å². The van der Waals surface area contributed by atoms with Crippen LogP contribution in [0.1, 0.15) is 30.3 Å².